The Morgan fingerprint density at radius 2 is 1.00 bits per heavy atom. The van der Waals surface area contributed by atoms with E-state index in [0.717, 1.165) is 18.8 Å². The fraction of sp³-hybridized carbons (Fsp3) is 0.963. The maximum absolute atomic E-state index is 11.8. The lowest BCUT2D eigenvalue weighted by atomic mass is 10.0. The molecule has 0 heterocycles. The molecule has 0 spiro atoms. The zero-order valence-electron chi connectivity index (χ0n) is 20.5. The van der Waals surface area contributed by atoms with E-state index in [1.807, 2.05) is 0 Å². The van der Waals surface area contributed by atoms with Crippen LogP contribution < -0.4 is 0 Å². The maximum Gasteiger partial charge on any atom is 0.305 e. The normalized spacial score (nSPS) is 11.3. The number of carbonyl (C=O) groups is 1. The first-order chi connectivity index (χ1) is 14.2. The first kappa shape index (κ1) is 28.5. The van der Waals surface area contributed by atoms with Crippen LogP contribution in [-0.4, -0.2) is 12.6 Å². The van der Waals surface area contributed by atoms with Crippen molar-refractivity contribution in [2.24, 2.45) is 5.92 Å². The number of hydrogen-bond donors (Lipinski definition) is 0. The summed E-state index contributed by atoms with van der Waals surface area (Å²) in [6, 6.07) is 0. The second kappa shape index (κ2) is 23.7. The molecule has 0 N–H and O–H groups in total. The molecule has 0 aliphatic heterocycles. The third kappa shape index (κ3) is 25.4. The lowest BCUT2D eigenvalue weighted by Gasteiger charge is -2.06. The van der Waals surface area contributed by atoms with Gasteiger partial charge in [0.1, 0.15) is 0 Å². The predicted octanol–water partition coefficient (Wildman–Crippen LogP) is 9.40. The molecule has 0 atom stereocenters. The SMILES string of the molecule is CCCCCCCCCCCCCCOC(=O)CCCCCCCCCC(C)C. The Kier molecular flexibility index (Phi) is 23.3. The molecule has 0 amide bonds. The Labute approximate surface area is 184 Å². The monoisotopic (exact) mass is 410 g/mol. The van der Waals surface area contributed by atoms with Gasteiger partial charge in [0.15, 0.2) is 0 Å². The summed E-state index contributed by atoms with van der Waals surface area (Å²) in [6.07, 6.45) is 27.0. The maximum atomic E-state index is 11.8. The summed E-state index contributed by atoms with van der Waals surface area (Å²) in [5, 5.41) is 0. The smallest absolute Gasteiger partial charge is 0.305 e. The number of esters is 1. The molecular weight excluding hydrogens is 356 g/mol. The Bertz CT molecular complexity index is 324. The van der Waals surface area contributed by atoms with Gasteiger partial charge in [0.25, 0.3) is 0 Å². The van der Waals surface area contributed by atoms with Crippen LogP contribution >= 0.6 is 0 Å². The molecule has 0 aliphatic carbocycles. The highest BCUT2D eigenvalue weighted by Crippen LogP contribution is 2.14. The van der Waals surface area contributed by atoms with Crippen molar-refractivity contribution >= 4 is 5.97 Å². The molecule has 2 heteroatoms. The van der Waals surface area contributed by atoms with Gasteiger partial charge in [0, 0.05) is 6.42 Å². The minimum Gasteiger partial charge on any atom is -0.466 e. The molecule has 0 aliphatic rings. The first-order valence-corrected chi connectivity index (χ1v) is 13.3. The Balaban J connectivity index is 3.15. The highest BCUT2D eigenvalue weighted by atomic mass is 16.5. The van der Waals surface area contributed by atoms with Gasteiger partial charge in [-0.15, -0.1) is 0 Å². The summed E-state index contributed by atoms with van der Waals surface area (Å²) in [4.78, 5) is 11.8. The molecule has 29 heavy (non-hydrogen) atoms. The third-order valence-corrected chi connectivity index (χ3v) is 5.92. The summed E-state index contributed by atoms with van der Waals surface area (Å²) in [5.41, 5.74) is 0. The van der Waals surface area contributed by atoms with Crippen LogP contribution in [0.5, 0.6) is 0 Å². The van der Waals surface area contributed by atoms with Crippen LogP contribution in [0.1, 0.15) is 156 Å². The Hall–Kier alpha value is -0.530. The van der Waals surface area contributed by atoms with Crippen molar-refractivity contribution in [2.45, 2.75) is 156 Å². The number of carbonyl (C=O) groups excluding carboxylic acids is 1. The second-order valence-corrected chi connectivity index (χ2v) is 9.52. The van der Waals surface area contributed by atoms with Gasteiger partial charge in [0.05, 0.1) is 6.61 Å². The molecular formula is C27H54O2. The van der Waals surface area contributed by atoms with E-state index in [9.17, 15) is 4.79 Å². The zero-order valence-corrected chi connectivity index (χ0v) is 20.5. The van der Waals surface area contributed by atoms with Crippen molar-refractivity contribution in [3.63, 3.8) is 0 Å². The van der Waals surface area contributed by atoms with Crippen molar-refractivity contribution in [1.29, 1.82) is 0 Å². The largest absolute Gasteiger partial charge is 0.466 e. The van der Waals surface area contributed by atoms with Gasteiger partial charge in [-0.2, -0.15) is 0 Å². The van der Waals surface area contributed by atoms with Gasteiger partial charge >= 0.3 is 5.97 Å². The number of unbranched alkanes of at least 4 members (excludes halogenated alkanes) is 17. The second-order valence-electron chi connectivity index (χ2n) is 9.52. The quantitative estimate of drug-likeness (QED) is 0.124. The van der Waals surface area contributed by atoms with Gasteiger partial charge in [-0.3, -0.25) is 4.79 Å². The minimum absolute atomic E-state index is 0.0185. The average Bonchev–Trinajstić information content (AvgIpc) is 2.70. The Morgan fingerprint density at radius 3 is 1.48 bits per heavy atom. The van der Waals surface area contributed by atoms with E-state index in [4.69, 9.17) is 4.74 Å². The van der Waals surface area contributed by atoms with Gasteiger partial charge < -0.3 is 4.74 Å². The van der Waals surface area contributed by atoms with E-state index in [2.05, 4.69) is 20.8 Å². The van der Waals surface area contributed by atoms with Crippen molar-refractivity contribution in [3.8, 4) is 0 Å². The zero-order chi connectivity index (χ0) is 21.4. The number of ether oxygens (including phenoxy) is 1. The third-order valence-electron chi connectivity index (χ3n) is 5.92. The van der Waals surface area contributed by atoms with Gasteiger partial charge in [0.2, 0.25) is 0 Å². The van der Waals surface area contributed by atoms with E-state index in [-0.39, 0.29) is 5.97 Å². The van der Waals surface area contributed by atoms with Crippen molar-refractivity contribution < 1.29 is 9.53 Å². The minimum atomic E-state index is 0.0185. The average molecular weight is 411 g/mol. The molecule has 0 unspecified atom stereocenters. The summed E-state index contributed by atoms with van der Waals surface area (Å²) in [6.45, 7) is 7.51. The van der Waals surface area contributed by atoms with Crippen LogP contribution in [0.15, 0.2) is 0 Å². The Morgan fingerprint density at radius 1 is 0.586 bits per heavy atom. The predicted molar refractivity (Wildman–Crippen MR) is 128 cm³/mol. The van der Waals surface area contributed by atoms with Gasteiger partial charge in [-0.25, -0.2) is 0 Å². The van der Waals surface area contributed by atoms with E-state index in [1.165, 1.54) is 116 Å². The summed E-state index contributed by atoms with van der Waals surface area (Å²) in [7, 11) is 0. The van der Waals surface area contributed by atoms with Crippen molar-refractivity contribution in [1.82, 2.24) is 0 Å². The topological polar surface area (TPSA) is 26.3 Å². The molecule has 0 saturated carbocycles. The molecule has 0 bridgehead atoms. The van der Waals surface area contributed by atoms with E-state index < -0.39 is 0 Å². The fourth-order valence-corrected chi connectivity index (χ4v) is 3.91. The number of rotatable bonds is 23. The number of hydrogen-bond acceptors (Lipinski definition) is 2. The molecule has 0 radical (unpaired) electrons. The van der Waals surface area contributed by atoms with Crippen molar-refractivity contribution in [2.75, 3.05) is 6.61 Å². The lowest BCUT2D eigenvalue weighted by Crippen LogP contribution is -2.05. The highest BCUT2D eigenvalue weighted by Gasteiger charge is 2.02. The van der Waals surface area contributed by atoms with Crippen molar-refractivity contribution in [3.05, 3.63) is 0 Å². The molecule has 0 fully saturated rings. The summed E-state index contributed by atoms with van der Waals surface area (Å²) >= 11 is 0. The van der Waals surface area contributed by atoms with Crippen LogP contribution in [-0.2, 0) is 9.53 Å². The van der Waals surface area contributed by atoms with E-state index >= 15 is 0 Å². The molecule has 0 aromatic carbocycles. The summed E-state index contributed by atoms with van der Waals surface area (Å²) in [5.74, 6) is 0.862. The van der Waals surface area contributed by atoms with Crippen LogP contribution in [0.2, 0.25) is 0 Å². The molecule has 0 aromatic heterocycles. The van der Waals surface area contributed by atoms with Crippen LogP contribution in [0.4, 0.5) is 0 Å². The standard InChI is InChI=1S/C27H54O2/c1-4-5-6-7-8-9-10-11-12-16-19-22-25-29-27(28)24-21-18-15-13-14-17-20-23-26(2)3/h26H,4-25H2,1-3H3. The lowest BCUT2D eigenvalue weighted by molar-refractivity contribution is -0.143. The van der Waals surface area contributed by atoms with Crippen LogP contribution in [0.25, 0.3) is 0 Å². The molecule has 0 rings (SSSR count). The molecule has 0 aromatic rings. The van der Waals surface area contributed by atoms with Crippen LogP contribution in [0, 0.1) is 5.92 Å². The first-order valence-electron chi connectivity index (χ1n) is 13.3. The molecule has 2 nitrogen and oxygen atoms in total. The fourth-order valence-electron chi connectivity index (χ4n) is 3.91. The van der Waals surface area contributed by atoms with Gasteiger partial charge in [-0.05, 0) is 18.8 Å². The van der Waals surface area contributed by atoms with E-state index in [0.29, 0.717) is 13.0 Å². The molecule has 0 saturated heterocycles. The van der Waals surface area contributed by atoms with E-state index in [1.54, 1.807) is 0 Å². The van der Waals surface area contributed by atoms with Crippen LogP contribution in [0.3, 0.4) is 0 Å². The molecule has 174 valence electrons. The summed E-state index contributed by atoms with van der Waals surface area (Å²) < 4.78 is 5.38. The highest BCUT2D eigenvalue weighted by molar-refractivity contribution is 5.69. The van der Waals surface area contributed by atoms with Gasteiger partial charge in [-0.1, -0.05) is 136 Å².